The minimum atomic E-state index is 1.02. The van der Waals surface area contributed by atoms with Gasteiger partial charge in [-0.15, -0.1) is 0 Å². The second-order valence-corrected chi connectivity index (χ2v) is 5.07. The van der Waals surface area contributed by atoms with Crippen LogP contribution in [0.15, 0.2) is 0 Å². The average Bonchev–Trinajstić information content (AvgIpc) is 2.34. The van der Waals surface area contributed by atoms with E-state index in [0.29, 0.717) is 0 Å². The lowest BCUT2D eigenvalue weighted by Gasteiger charge is -2.26. The van der Waals surface area contributed by atoms with Gasteiger partial charge < -0.3 is 0 Å². The van der Waals surface area contributed by atoms with Crippen LogP contribution in [0.25, 0.3) is 0 Å². The molecule has 1 saturated heterocycles. The Balaban J connectivity index is 2.01. The quantitative estimate of drug-likeness (QED) is 0.519. The second-order valence-electron chi connectivity index (χ2n) is 3.80. The Morgan fingerprint density at radius 3 is 2.80 bits per heavy atom. The number of thioether (sulfide) groups is 1. The molecule has 3 unspecified atom stereocenters. The first kappa shape index (κ1) is 7.02. The van der Waals surface area contributed by atoms with Gasteiger partial charge in [0.2, 0.25) is 0 Å². The maximum atomic E-state index is 2.43. The van der Waals surface area contributed by atoms with Gasteiger partial charge in [-0.1, -0.05) is 19.8 Å². The molecule has 0 N–H and O–H groups in total. The Hall–Kier alpha value is 0.350. The number of hydrogen-bond donors (Lipinski definition) is 0. The average molecular weight is 156 g/mol. The third-order valence-corrected chi connectivity index (χ3v) is 4.79. The maximum absolute atomic E-state index is 2.43. The molecule has 2 fully saturated rings. The monoisotopic (exact) mass is 156 g/mol. The van der Waals surface area contributed by atoms with Crippen molar-refractivity contribution in [2.75, 3.05) is 5.75 Å². The highest BCUT2D eigenvalue weighted by atomic mass is 32.2. The molecule has 1 heterocycles. The van der Waals surface area contributed by atoms with Crippen LogP contribution < -0.4 is 0 Å². The number of fused-ring (bicyclic) bond motifs is 1. The highest BCUT2D eigenvalue weighted by molar-refractivity contribution is 8.00. The predicted octanol–water partition coefficient (Wildman–Crippen LogP) is 2.93. The van der Waals surface area contributed by atoms with Crippen LogP contribution in [0.5, 0.6) is 0 Å². The molecule has 0 nitrogen and oxygen atoms in total. The lowest BCUT2D eigenvalue weighted by atomic mass is 9.82. The Labute approximate surface area is 67.8 Å². The molecule has 2 aliphatic rings. The standard InChI is InChI=1S/C9H16S/c1-7-6-10-9-5-3-2-4-8(7)9/h7-9H,2-6H2,1H3. The molecule has 1 heteroatoms. The Kier molecular flexibility index (Phi) is 1.94. The van der Waals surface area contributed by atoms with E-state index in [1.807, 2.05) is 0 Å². The van der Waals surface area contributed by atoms with E-state index in [-0.39, 0.29) is 0 Å². The Morgan fingerprint density at radius 1 is 1.20 bits per heavy atom. The van der Waals surface area contributed by atoms with Gasteiger partial charge in [-0.25, -0.2) is 0 Å². The van der Waals surface area contributed by atoms with Gasteiger partial charge in [0.05, 0.1) is 0 Å². The summed E-state index contributed by atoms with van der Waals surface area (Å²) in [6.07, 6.45) is 6.05. The molecule has 0 aromatic rings. The van der Waals surface area contributed by atoms with Crippen LogP contribution in [-0.2, 0) is 0 Å². The first-order chi connectivity index (χ1) is 4.88. The van der Waals surface area contributed by atoms with Crippen LogP contribution in [0, 0.1) is 11.8 Å². The van der Waals surface area contributed by atoms with E-state index < -0.39 is 0 Å². The summed E-state index contributed by atoms with van der Waals surface area (Å²) in [5.74, 6) is 3.56. The largest absolute Gasteiger partial charge is 0.158 e. The topological polar surface area (TPSA) is 0 Å². The predicted molar refractivity (Wildman–Crippen MR) is 47.4 cm³/mol. The molecule has 1 saturated carbocycles. The zero-order chi connectivity index (χ0) is 6.97. The number of hydrogen-bond acceptors (Lipinski definition) is 1. The van der Waals surface area contributed by atoms with Gasteiger partial charge in [0.25, 0.3) is 0 Å². The van der Waals surface area contributed by atoms with Gasteiger partial charge in [0.1, 0.15) is 0 Å². The summed E-state index contributed by atoms with van der Waals surface area (Å²) >= 11 is 2.23. The molecule has 0 radical (unpaired) electrons. The van der Waals surface area contributed by atoms with E-state index >= 15 is 0 Å². The van der Waals surface area contributed by atoms with Crippen molar-refractivity contribution in [2.24, 2.45) is 11.8 Å². The van der Waals surface area contributed by atoms with Gasteiger partial charge in [-0.2, -0.15) is 11.8 Å². The molecule has 0 amide bonds. The van der Waals surface area contributed by atoms with E-state index in [1.165, 1.54) is 31.4 Å². The van der Waals surface area contributed by atoms with Crippen molar-refractivity contribution >= 4 is 11.8 Å². The van der Waals surface area contributed by atoms with Crippen molar-refractivity contribution in [3.05, 3.63) is 0 Å². The van der Waals surface area contributed by atoms with Crippen molar-refractivity contribution in [3.8, 4) is 0 Å². The van der Waals surface area contributed by atoms with Gasteiger partial charge in [-0.05, 0) is 30.4 Å². The van der Waals surface area contributed by atoms with Gasteiger partial charge in [0.15, 0.2) is 0 Å². The summed E-state index contributed by atoms with van der Waals surface area (Å²) in [7, 11) is 0. The Morgan fingerprint density at radius 2 is 2.00 bits per heavy atom. The summed E-state index contributed by atoms with van der Waals surface area (Å²) in [4.78, 5) is 0. The van der Waals surface area contributed by atoms with E-state index in [0.717, 1.165) is 17.1 Å². The lowest BCUT2D eigenvalue weighted by molar-refractivity contribution is 0.311. The minimum absolute atomic E-state index is 1.02. The van der Waals surface area contributed by atoms with Crippen molar-refractivity contribution < 1.29 is 0 Å². The molecule has 0 bridgehead atoms. The van der Waals surface area contributed by atoms with Crippen LogP contribution in [0.1, 0.15) is 32.6 Å². The molecule has 3 atom stereocenters. The normalized spacial score (nSPS) is 47.1. The SMILES string of the molecule is CC1CSC2CCCCC12. The van der Waals surface area contributed by atoms with Crippen LogP contribution in [0.4, 0.5) is 0 Å². The maximum Gasteiger partial charge on any atom is 0.00782 e. The fraction of sp³-hybridized carbons (Fsp3) is 1.00. The van der Waals surface area contributed by atoms with E-state index in [1.54, 1.807) is 0 Å². The minimum Gasteiger partial charge on any atom is -0.158 e. The molecule has 1 aliphatic carbocycles. The summed E-state index contributed by atoms with van der Waals surface area (Å²) in [6.45, 7) is 2.43. The second kappa shape index (κ2) is 2.77. The smallest absolute Gasteiger partial charge is 0.00782 e. The number of rotatable bonds is 0. The molecular formula is C9H16S. The molecule has 58 valence electrons. The third-order valence-electron chi connectivity index (χ3n) is 3.06. The van der Waals surface area contributed by atoms with Crippen LogP contribution in [-0.4, -0.2) is 11.0 Å². The molecule has 1 aliphatic heterocycles. The van der Waals surface area contributed by atoms with E-state index in [9.17, 15) is 0 Å². The highest BCUT2D eigenvalue weighted by Crippen LogP contribution is 2.44. The Bertz CT molecular complexity index is 120. The molecule has 10 heavy (non-hydrogen) atoms. The molecule has 0 aromatic heterocycles. The molecule has 0 spiro atoms. The highest BCUT2D eigenvalue weighted by Gasteiger charge is 2.35. The van der Waals surface area contributed by atoms with Crippen molar-refractivity contribution in [1.29, 1.82) is 0 Å². The van der Waals surface area contributed by atoms with E-state index in [2.05, 4.69) is 18.7 Å². The molecule has 0 aromatic carbocycles. The van der Waals surface area contributed by atoms with Crippen LogP contribution >= 0.6 is 11.8 Å². The fourth-order valence-electron chi connectivity index (χ4n) is 2.38. The first-order valence-electron chi connectivity index (χ1n) is 4.49. The summed E-state index contributed by atoms with van der Waals surface area (Å²) in [5, 5.41) is 1.06. The third kappa shape index (κ3) is 1.09. The van der Waals surface area contributed by atoms with Crippen molar-refractivity contribution in [1.82, 2.24) is 0 Å². The summed E-state index contributed by atoms with van der Waals surface area (Å²) in [6, 6.07) is 0. The first-order valence-corrected chi connectivity index (χ1v) is 5.54. The van der Waals surface area contributed by atoms with Gasteiger partial charge in [-0.3, -0.25) is 0 Å². The van der Waals surface area contributed by atoms with Crippen LogP contribution in [0.3, 0.4) is 0 Å². The summed E-state index contributed by atoms with van der Waals surface area (Å²) < 4.78 is 0. The van der Waals surface area contributed by atoms with E-state index in [4.69, 9.17) is 0 Å². The fourth-order valence-corrected chi connectivity index (χ4v) is 4.17. The molecular weight excluding hydrogens is 140 g/mol. The zero-order valence-electron chi connectivity index (χ0n) is 6.68. The van der Waals surface area contributed by atoms with Crippen molar-refractivity contribution in [2.45, 2.75) is 37.9 Å². The van der Waals surface area contributed by atoms with Crippen LogP contribution in [0.2, 0.25) is 0 Å². The zero-order valence-corrected chi connectivity index (χ0v) is 7.49. The lowest BCUT2D eigenvalue weighted by Crippen LogP contribution is -2.20. The van der Waals surface area contributed by atoms with Crippen molar-refractivity contribution in [3.63, 3.8) is 0 Å². The van der Waals surface area contributed by atoms with Gasteiger partial charge >= 0.3 is 0 Å². The van der Waals surface area contributed by atoms with Gasteiger partial charge in [0, 0.05) is 5.25 Å². The molecule has 2 rings (SSSR count). The summed E-state index contributed by atoms with van der Waals surface area (Å²) in [5.41, 5.74) is 0.